The molecule has 0 saturated heterocycles. The number of benzene rings is 1. The van der Waals surface area contributed by atoms with E-state index in [9.17, 15) is 5.11 Å². The topological polar surface area (TPSA) is 70.1 Å². The van der Waals surface area contributed by atoms with Crippen molar-refractivity contribution in [2.24, 2.45) is 0 Å². The molecule has 6 heteroatoms. The number of anilines is 2. The zero-order chi connectivity index (χ0) is 14.4. The second-order valence-corrected chi connectivity index (χ2v) is 5.12. The minimum absolute atomic E-state index is 0.288. The van der Waals surface area contributed by atoms with Gasteiger partial charge in [0.1, 0.15) is 11.6 Å². The molecule has 0 unspecified atom stereocenters. The van der Waals surface area contributed by atoms with Crippen molar-refractivity contribution in [2.75, 3.05) is 23.7 Å². The Kier molecular flexibility index (Phi) is 5.17. The predicted molar refractivity (Wildman–Crippen MR) is 84.2 cm³/mol. The number of halogens is 1. The van der Waals surface area contributed by atoms with E-state index in [1.807, 2.05) is 19.1 Å². The van der Waals surface area contributed by atoms with Crippen molar-refractivity contribution in [1.82, 2.24) is 9.97 Å². The first-order valence-electron chi connectivity index (χ1n) is 6.47. The zero-order valence-electron chi connectivity index (χ0n) is 11.2. The molecule has 3 N–H and O–H groups in total. The van der Waals surface area contributed by atoms with Crippen LogP contribution in [-0.2, 0) is 6.42 Å². The molecule has 0 spiro atoms. The first-order valence-corrected chi connectivity index (χ1v) is 7.26. The van der Waals surface area contributed by atoms with E-state index in [0.29, 0.717) is 5.95 Å². The highest BCUT2D eigenvalue weighted by molar-refractivity contribution is 9.10. The molecular formula is C14H17BrN4O. The molecule has 0 fully saturated rings. The van der Waals surface area contributed by atoms with Crippen LogP contribution in [0.4, 0.5) is 11.8 Å². The fourth-order valence-electron chi connectivity index (χ4n) is 1.72. The van der Waals surface area contributed by atoms with Crippen molar-refractivity contribution < 1.29 is 5.11 Å². The highest BCUT2D eigenvalue weighted by Gasteiger charge is 2.04. The monoisotopic (exact) mass is 336 g/mol. The van der Waals surface area contributed by atoms with Crippen molar-refractivity contribution in [2.45, 2.75) is 13.3 Å². The van der Waals surface area contributed by atoms with Gasteiger partial charge in [0.2, 0.25) is 5.95 Å². The minimum atomic E-state index is 0.288. The Balaban J connectivity index is 1.93. The van der Waals surface area contributed by atoms with Gasteiger partial charge in [-0.3, -0.25) is 0 Å². The third-order valence-electron chi connectivity index (χ3n) is 2.72. The lowest BCUT2D eigenvalue weighted by molar-refractivity contribution is 0.475. The van der Waals surface area contributed by atoms with Crippen LogP contribution in [0.5, 0.6) is 5.75 Å². The molecule has 5 nitrogen and oxygen atoms in total. The normalized spacial score (nSPS) is 10.3. The fourth-order valence-corrected chi connectivity index (χ4v) is 2.05. The Bertz CT molecular complexity index is 560. The van der Waals surface area contributed by atoms with Crippen LogP contribution in [0.2, 0.25) is 0 Å². The lowest BCUT2D eigenvalue weighted by Gasteiger charge is -2.09. The lowest BCUT2D eigenvalue weighted by atomic mass is 10.1. The van der Waals surface area contributed by atoms with E-state index in [1.165, 1.54) is 0 Å². The summed E-state index contributed by atoms with van der Waals surface area (Å²) in [6.07, 6.45) is 2.58. The molecule has 2 rings (SSSR count). The van der Waals surface area contributed by atoms with Crippen LogP contribution >= 0.6 is 15.9 Å². The largest absolute Gasteiger partial charge is 0.508 e. The molecule has 0 amide bonds. The standard InChI is InChI=1S/C14H17BrN4O/c1-2-16-14-18-9-12(15)13(19-14)17-8-7-10-3-5-11(20)6-4-10/h3-6,9,20H,2,7-8H2,1H3,(H2,16,17,18,19). The van der Waals surface area contributed by atoms with Gasteiger partial charge in [-0.25, -0.2) is 4.98 Å². The molecule has 106 valence electrons. The predicted octanol–water partition coefficient (Wildman–Crippen LogP) is 3.03. The number of aromatic hydroxyl groups is 1. The second kappa shape index (κ2) is 7.09. The van der Waals surface area contributed by atoms with E-state index in [1.54, 1.807) is 18.3 Å². The highest BCUT2D eigenvalue weighted by atomic mass is 79.9. The van der Waals surface area contributed by atoms with Crippen molar-refractivity contribution in [1.29, 1.82) is 0 Å². The highest BCUT2D eigenvalue weighted by Crippen LogP contribution is 2.20. The molecule has 0 saturated carbocycles. The summed E-state index contributed by atoms with van der Waals surface area (Å²) in [6, 6.07) is 7.21. The van der Waals surface area contributed by atoms with Gasteiger partial charge < -0.3 is 15.7 Å². The Morgan fingerprint density at radius 3 is 2.65 bits per heavy atom. The summed E-state index contributed by atoms with van der Waals surface area (Å²) in [7, 11) is 0. The van der Waals surface area contributed by atoms with Gasteiger partial charge in [0.05, 0.1) is 4.47 Å². The first kappa shape index (κ1) is 14.6. The van der Waals surface area contributed by atoms with Crippen LogP contribution in [0.3, 0.4) is 0 Å². The number of aromatic nitrogens is 2. The summed E-state index contributed by atoms with van der Waals surface area (Å²) in [5, 5.41) is 15.6. The molecule has 0 radical (unpaired) electrons. The van der Waals surface area contributed by atoms with Crippen molar-refractivity contribution >= 4 is 27.7 Å². The maximum atomic E-state index is 9.23. The Morgan fingerprint density at radius 2 is 1.95 bits per heavy atom. The molecule has 0 atom stereocenters. The Hall–Kier alpha value is -1.82. The third-order valence-corrected chi connectivity index (χ3v) is 3.30. The number of phenolic OH excluding ortho intramolecular Hbond substituents is 1. The molecule has 1 aromatic heterocycles. The van der Waals surface area contributed by atoms with E-state index in [4.69, 9.17) is 0 Å². The van der Waals surface area contributed by atoms with Crippen LogP contribution in [-0.4, -0.2) is 28.2 Å². The van der Waals surface area contributed by atoms with Gasteiger partial charge in [-0.15, -0.1) is 0 Å². The molecule has 1 aromatic carbocycles. The number of nitrogens with one attached hydrogen (secondary N) is 2. The van der Waals surface area contributed by atoms with E-state index in [0.717, 1.165) is 35.4 Å². The molecule has 0 aliphatic carbocycles. The van der Waals surface area contributed by atoms with Crippen molar-refractivity contribution in [3.63, 3.8) is 0 Å². The van der Waals surface area contributed by atoms with Crippen molar-refractivity contribution in [3.8, 4) is 5.75 Å². The average Bonchev–Trinajstić information content (AvgIpc) is 2.45. The van der Waals surface area contributed by atoms with Gasteiger partial charge in [0.15, 0.2) is 0 Å². The molecular weight excluding hydrogens is 320 g/mol. The maximum Gasteiger partial charge on any atom is 0.224 e. The number of hydrogen-bond acceptors (Lipinski definition) is 5. The lowest BCUT2D eigenvalue weighted by Crippen LogP contribution is -2.09. The summed E-state index contributed by atoms with van der Waals surface area (Å²) in [5.41, 5.74) is 1.16. The Morgan fingerprint density at radius 1 is 1.20 bits per heavy atom. The van der Waals surface area contributed by atoms with E-state index < -0.39 is 0 Å². The summed E-state index contributed by atoms with van der Waals surface area (Å²) in [6.45, 7) is 3.55. The third kappa shape index (κ3) is 4.09. The van der Waals surface area contributed by atoms with Crippen LogP contribution in [0.25, 0.3) is 0 Å². The van der Waals surface area contributed by atoms with E-state index >= 15 is 0 Å². The van der Waals surface area contributed by atoms with Gasteiger partial charge in [-0.1, -0.05) is 12.1 Å². The summed E-state index contributed by atoms with van der Waals surface area (Å²) < 4.78 is 0.838. The molecule has 20 heavy (non-hydrogen) atoms. The van der Waals surface area contributed by atoms with Gasteiger partial charge in [-0.2, -0.15) is 4.98 Å². The molecule has 2 aromatic rings. The van der Waals surface area contributed by atoms with Crippen LogP contribution in [0.15, 0.2) is 34.9 Å². The first-order chi connectivity index (χ1) is 9.69. The van der Waals surface area contributed by atoms with Crippen molar-refractivity contribution in [3.05, 3.63) is 40.5 Å². The van der Waals surface area contributed by atoms with E-state index in [-0.39, 0.29) is 5.75 Å². The Labute approximate surface area is 126 Å². The minimum Gasteiger partial charge on any atom is -0.508 e. The quantitative estimate of drug-likeness (QED) is 0.756. The summed E-state index contributed by atoms with van der Waals surface area (Å²) >= 11 is 3.43. The van der Waals surface area contributed by atoms with Gasteiger partial charge in [0.25, 0.3) is 0 Å². The van der Waals surface area contributed by atoms with Crippen LogP contribution in [0, 0.1) is 0 Å². The van der Waals surface area contributed by atoms with Crippen LogP contribution in [0.1, 0.15) is 12.5 Å². The van der Waals surface area contributed by atoms with Crippen LogP contribution < -0.4 is 10.6 Å². The fraction of sp³-hybridized carbons (Fsp3) is 0.286. The second-order valence-electron chi connectivity index (χ2n) is 4.26. The molecule has 0 aliphatic rings. The molecule has 0 bridgehead atoms. The molecule has 0 aliphatic heterocycles. The summed E-state index contributed by atoms with van der Waals surface area (Å²) in [5.74, 6) is 1.67. The number of rotatable bonds is 6. The van der Waals surface area contributed by atoms with Gasteiger partial charge in [-0.05, 0) is 47.0 Å². The van der Waals surface area contributed by atoms with Gasteiger partial charge in [0, 0.05) is 19.3 Å². The summed E-state index contributed by atoms with van der Waals surface area (Å²) in [4.78, 5) is 8.55. The zero-order valence-corrected chi connectivity index (χ0v) is 12.8. The van der Waals surface area contributed by atoms with Gasteiger partial charge >= 0.3 is 0 Å². The SMILES string of the molecule is CCNc1ncc(Br)c(NCCc2ccc(O)cc2)n1. The molecule has 1 heterocycles. The average molecular weight is 337 g/mol. The number of hydrogen-bond donors (Lipinski definition) is 3. The number of nitrogens with zero attached hydrogens (tertiary/aromatic N) is 2. The number of phenols is 1. The van der Waals surface area contributed by atoms with E-state index in [2.05, 4.69) is 36.5 Å². The smallest absolute Gasteiger partial charge is 0.224 e. The maximum absolute atomic E-state index is 9.23.